The van der Waals surface area contributed by atoms with E-state index in [0.717, 1.165) is 39.9 Å². The Morgan fingerprint density at radius 2 is 1.61 bits per heavy atom. The molecule has 0 aliphatic heterocycles. The molecule has 0 fully saturated rings. The Labute approximate surface area is 168 Å². The van der Waals surface area contributed by atoms with E-state index in [1.165, 1.54) is 22.5 Å². The van der Waals surface area contributed by atoms with Crippen molar-refractivity contribution in [2.75, 3.05) is 30.5 Å². The van der Waals surface area contributed by atoms with Crippen molar-refractivity contribution in [3.63, 3.8) is 0 Å². The lowest BCUT2D eigenvalue weighted by molar-refractivity contribution is 0.981. The molecule has 2 heterocycles. The maximum absolute atomic E-state index is 6.22. The molecule has 0 unspecified atom stereocenters. The molecule has 6 heteroatoms. The lowest BCUT2D eigenvalue weighted by atomic mass is 9.99. The van der Waals surface area contributed by atoms with Crippen LogP contribution in [-0.4, -0.2) is 24.1 Å². The minimum atomic E-state index is 0.523. The van der Waals surface area contributed by atoms with Gasteiger partial charge in [0.2, 0.25) is 0 Å². The van der Waals surface area contributed by atoms with Gasteiger partial charge in [-0.3, -0.25) is 0 Å². The average Bonchev–Trinajstić information content (AvgIpc) is 3.07. The monoisotopic (exact) mass is 389 g/mol. The highest BCUT2D eigenvalue weighted by Crippen LogP contribution is 2.40. The number of hydrogen-bond acceptors (Lipinski definition) is 6. The Bertz CT molecular complexity index is 1100. The summed E-state index contributed by atoms with van der Waals surface area (Å²) in [5.74, 6) is 0.523. The van der Waals surface area contributed by atoms with Gasteiger partial charge < -0.3 is 16.4 Å². The summed E-state index contributed by atoms with van der Waals surface area (Å²) in [7, 11) is 4.10. The second-order valence-corrected chi connectivity index (χ2v) is 8.11. The summed E-state index contributed by atoms with van der Waals surface area (Å²) in [6.45, 7) is 0. The first-order valence-electron chi connectivity index (χ1n) is 9.17. The molecule has 4 rings (SSSR count). The third-order valence-corrected chi connectivity index (χ3v) is 6.04. The number of nitrogen functional groups attached to an aromatic ring is 2. The molecule has 0 aliphatic rings. The van der Waals surface area contributed by atoms with Crippen molar-refractivity contribution in [1.82, 2.24) is 9.97 Å². The van der Waals surface area contributed by atoms with Gasteiger partial charge in [0.25, 0.3) is 0 Å². The first kappa shape index (κ1) is 18.3. The normalized spacial score (nSPS) is 11.1. The van der Waals surface area contributed by atoms with Crippen LogP contribution in [0.4, 0.5) is 17.2 Å². The van der Waals surface area contributed by atoms with Crippen molar-refractivity contribution in [2.45, 2.75) is 12.8 Å². The summed E-state index contributed by atoms with van der Waals surface area (Å²) >= 11 is 1.69. The number of anilines is 3. The van der Waals surface area contributed by atoms with Crippen molar-refractivity contribution >= 4 is 38.7 Å². The van der Waals surface area contributed by atoms with Gasteiger partial charge in [-0.1, -0.05) is 24.3 Å². The number of aromatic nitrogens is 2. The van der Waals surface area contributed by atoms with E-state index in [9.17, 15) is 0 Å². The van der Waals surface area contributed by atoms with Gasteiger partial charge in [-0.05, 0) is 48.2 Å². The zero-order valence-corrected chi connectivity index (χ0v) is 16.8. The van der Waals surface area contributed by atoms with Crippen LogP contribution in [0.3, 0.4) is 0 Å². The molecule has 2 aromatic heterocycles. The lowest BCUT2D eigenvalue weighted by Crippen LogP contribution is -2.08. The molecule has 0 spiro atoms. The predicted molar refractivity (Wildman–Crippen MR) is 120 cm³/mol. The number of fused-ring (bicyclic) bond motifs is 1. The first-order valence-corrected chi connectivity index (χ1v) is 9.98. The van der Waals surface area contributed by atoms with Crippen molar-refractivity contribution in [1.29, 1.82) is 0 Å². The molecule has 0 aliphatic carbocycles. The van der Waals surface area contributed by atoms with E-state index in [2.05, 4.69) is 53.2 Å². The molecule has 0 radical (unpaired) electrons. The van der Waals surface area contributed by atoms with Crippen LogP contribution in [-0.2, 0) is 12.8 Å². The number of nitrogens with zero attached hydrogens (tertiary/aromatic N) is 3. The van der Waals surface area contributed by atoms with Gasteiger partial charge in [-0.25, -0.2) is 9.97 Å². The second-order valence-electron chi connectivity index (χ2n) is 7.02. The van der Waals surface area contributed by atoms with Crippen molar-refractivity contribution in [2.24, 2.45) is 0 Å². The summed E-state index contributed by atoms with van der Waals surface area (Å²) in [6, 6.07) is 16.6. The fourth-order valence-electron chi connectivity index (χ4n) is 3.35. The predicted octanol–water partition coefficient (Wildman–Crippen LogP) is 4.37. The van der Waals surface area contributed by atoms with E-state index in [4.69, 9.17) is 11.5 Å². The van der Waals surface area contributed by atoms with E-state index in [-0.39, 0.29) is 0 Å². The van der Waals surface area contributed by atoms with Crippen LogP contribution in [0, 0.1) is 0 Å². The maximum atomic E-state index is 6.22. The summed E-state index contributed by atoms with van der Waals surface area (Å²) in [5.41, 5.74) is 17.6. The van der Waals surface area contributed by atoms with Crippen LogP contribution < -0.4 is 16.4 Å². The van der Waals surface area contributed by atoms with Gasteiger partial charge in [0.1, 0.15) is 17.0 Å². The smallest absolute Gasteiger partial charge is 0.136 e. The van der Waals surface area contributed by atoms with Crippen LogP contribution in [0.2, 0.25) is 0 Å². The first-order chi connectivity index (χ1) is 13.5. The van der Waals surface area contributed by atoms with E-state index < -0.39 is 0 Å². The third kappa shape index (κ3) is 3.51. The number of nitrogens with two attached hydrogens (primary N) is 2. The molecule has 0 bridgehead atoms. The Hall–Kier alpha value is -3.12. The van der Waals surface area contributed by atoms with Crippen molar-refractivity contribution in [3.05, 3.63) is 65.3 Å². The number of thiophene rings is 1. The highest BCUT2D eigenvalue weighted by atomic mass is 32.1. The fraction of sp³-hybridized carbons (Fsp3) is 0.182. The number of benzene rings is 2. The lowest BCUT2D eigenvalue weighted by Gasteiger charge is -2.12. The van der Waals surface area contributed by atoms with Gasteiger partial charge >= 0.3 is 0 Å². The summed E-state index contributed by atoms with van der Waals surface area (Å²) in [5, 5.41) is 0.940. The van der Waals surface area contributed by atoms with E-state index in [0.29, 0.717) is 5.82 Å². The molecule has 0 saturated heterocycles. The van der Waals surface area contributed by atoms with Gasteiger partial charge in [0, 0.05) is 35.9 Å². The molecule has 0 atom stereocenters. The number of aryl methyl sites for hydroxylation is 2. The second kappa shape index (κ2) is 7.48. The Morgan fingerprint density at radius 1 is 0.893 bits per heavy atom. The molecule has 28 heavy (non-hydrogen) atoms. The minimum Gasteiger partial charge on any atom is -0.399 e. The van der Waals surface area contributed by atoms with Gasteiger partial charge in [-0.15, -0.1) is 11.3 Å². The number of rotatable bonds is 5. The highest BCUT2D eigenvalue weighted by molar-refractivity contribution is 7.19. The maximum Gasteiger partial charge on any atom is 0.136 e. The fourth-order valence-corrected chi connectivity index (χ4v) is 4.52. The van der Waals surface area contributed by atoms with Crippen LogP contribution in [0.25, 0.3) is 21.3 Å². The molecular formula is C22H23N5S. The Kier molecular flexibility index (Phi) is 4.88. The summed E-state index contributed by atoms with van der Waals surface area (Å²) in [6.07, 6.45) is 3.40. The Morgan fingerprint density at radius 3 is 2.29 bits per heavy atom. The van der Waals surface area contributed by atoms with Crippen molar-refractivity contribution < 1.29 is 0 Å². The molecule has 4 N–H and O–H groups in total. The molecule has 5 nitrogen and oxygen atoms in total. The molecule has 0 amide bonds. The highest BCUT2D eigenvalue weighted by Gasteiger charge is 2.17. The Balaban J connectivity index is 1.71. The molecule has 142 valence electrons. The summed E-state index contributed by atoms with van der Waals surface area (Å²) in [4.78, 5) is 13.0. The van der Waals surface area contributed by atoms with E-state index in [1.54, 1.807) is 11.3 Å². The molecule has 2 aromatic carbocycles. The molecular weight excluding hydrogens is 366 g/mol. The zero-order chi connectivity index (χ0) is 19.7. The van der Waals surface area contributed by atoms with Gasteiger partial charge in [0.15, 0.2) is 0 Å². The quantitative estimate of drug-likeness (QED) is 0.495. The SMILES string of the molecule is CN(C)c1ccc(CCc2sc3ncnc(N)c3c2-c2ccc(N)cc2)cc1. The van der Waals surface area contributed by atoms with Crippen LogP contribution >= 0.6 is 11.3 Å². The molecule has 4 aromatic rings. The topological polar surface area (TPSA) is 81.1 Å². The van der Waals surface area contributed by atoms with Crippen LogP contribution in [0.15, 0.2) is 54.9 Å². The van der Waals surface area contributed by atoms with Gasteiger partial charge in [-0.2, -0.15) is 0 Å². The van der Waals surface area contributed by atoms with Crippen LogP contribution in [0.1, 0.15) is 10.4 Å². The number of hydrogen-bond donors (Lipinski definition) is 2. The molecule has 0 saturated carbocycles. The minimum absolute atomic E-state index is 0.523. The standard InChI is InChI=1S/C22H23N5S/c1-27(2)17-10-3-14(4-11-17)5-12-18-19(15-6-8-16(23)9-7-15)20-21(24)25-13-26-22(20)28-18/h3-4,6-11,13H,5,12,23H2,1-2H3,(H2,24,25,26). The van der Waals surface area contributed by atoms with E-state index in [1.807, 2.05) is 24.3 Å². The zero-order valence-electron chi connectivity index (χ0n) is 16.0. The van der Waals surface area contributed by atoms with Crippen LogP contribution in [0.5, 0.6) is 0 Å². The van der Waals surface area contributed by atoms with Crippen molar-refractivity contribution in [3.8, 4) is 11.1 Å². The average molecular weight is 390 g/mol. The largest absolute Gasteiger partial charge is 0.399 e. The summed E-state index contributed by atoms with van der Waals surface area (Å²) < 4.78 is 0. The van der Waals surface area contributed by atoms with E-state index >= 15 is 0 Å². The van der Waals surface area contributed by atoms with Gasteiger partial charge in [0.05, 0.1) is 5.39 Å². The third-order valence-electron chi connectivity index (χ3n) is 4.88.